The minimum Gasteiger partial charge on any atom is -0.478 e. The monoisotopic (exact) mass is 477 g/mol. The predicted octanol–water partition coefficient (Wildman–Crippen LogP) is 6.33. The Morgan fingerprint density at radius 1 is 1.12 bits per heavy atom. The Labute approximate surface area is 203 Å². The zero-order chi connectivity index (χ0) is 24.7. The number of benzene rings is 1. The molecule has 0 fully saturated rings. The molecule has 1 atom stereocenters. The van der Waals surface area contributed by atoms with Gasteiger partial charge in [-0.2, -0.15) is 5.10 Å². The molecule has 2 rings (SSSR count). The first-order chi connectivity index (χ1) is 15.6. The number of aliphatic hydroxyl groups is 1. The van der Waals surface area contributed by atoms with Crippen molar-refractivity contribution in [2.75, 3.05) is 0 Å². The van der Waals surface area contributed by atoms with E-state index in [-0.39, 0.29) is 5.41 Å². The standard InChI is InChI=1S/C16H22ClN3O.C10H18O2/c1-15(2,3)16(21,10-20-12-18-11-19-20)9-8-13-4-6-14(17)7-5-13;1-2-3-4-5-6-7-8-9-10(11)12/h4-7,11-12,21H,8-10H2,1-3H3;8-9H,2-7H2,1H3,(H,11,12)/b;9-8+. The summed E-state index contributed by atoms with van der Waals surface area (Å²) in [6.45, 7) is 8.76. The third-order valence-corrected chi connectivity index (χ3v) is 6.01. The maximum Gasteiger partial charge on any atom is 0.327 e. The van der Waals surface area contributed by atoms with Gasteiger partial charge in [-0.15, -0.1) is 0 Å². The highest BCUT2D eigenvalue weighted by Crippen LogP contribution is 2.35. The lowest BCUT2D eigenvalue weighted by Gasteiger charge is -2.40. The van der Waals surface area contributed by atoms with Gasteiger partial charge in [0.2, 0.25) is 0 Å². The zero-order valence-corrected chi connectivity index (χ0v) is 21.3. The molecule has 0 saturated heterocycles. The molecule has 184 valence electrons. The first-order valence-electron chi connectivity index (χ1n) is 11.8. The van der Waals surface area contributed by atoms with Gasteiger partial charge in [0.15, 0.2) is 0 Å². The van der Waals surface area contributed by atoms with Gasteiger partial charge >= 0.3 is 5.97 Å². The molecule has 6 nitrogen and oxygen atoms in total. The molecule has 0 bridgehead atoms. The van der Waals surface area contributed by atoms with Crippen LogP contribution in [0.2, 0.25) is 5.02 Å². The number of allylic oxidation sites excluding steroid dienone is 1. The molecule has 1 aromatic heterocycles. The Kier molecular flexibility index (Phi) is 13.0. The van der Waals surface area contributed by atoms with E-state index in [4.69, 9.17) is 16.7 Å². The quantitative estimate of drug-likeness (QED) is 0.275. The molecule has 0 spiro atoms. The number of carbonyl (C=O) groups is 1. The van der Waals surface area contributed by atoms with Gasteiger partial charge in [0.05, 0.1) is 12.1 Å². The summed E-state index contributed by atoms with van der Waals surface area (Å²) in [6.07, 6.45) is 14.6. The van der Waals surface area contributed by atoms with E-state index in [0.717, 1.165) is 24.3 Å². The number of aryl methyl sites for hydroxylation is 1. The van der Waals surface area contributed by atoms with Crippen molar-refractivity contribution < 1.29 is 15.0 Å². The minimum atomic E-state index is -0.861. The van der Waals surface area contributed by atoms with Crippen LogP contribution in [0.1, 0.15) is 78.2 Å². The van der Waals surface area contributed by atoms with Crippen LogP contribution in [0, 0.1) is 5.41 Å². The molecular weight excluding hydrogens is 438 g/mol. The second-order valence-corrected chi connectivity index (χ2v) is 9.88. The second-order valence-electron chi connectivity index (χ2n) is 9.44. The van der Waals surface area contributed by atoms with Crippen molar-refractivity contribution in [3.63, 3.8) is 0 Å². The molecule has 7 heteroatoms. The van der Waals surface area contributed by atoms with E-state index < -0.39 is 11.6 Å². The van der Waals surface area contributed by atoms with E-state index in [2.05, 4.69) is 17.0 Å². The molecule has 0 radical (unpaired) electrons. The number of unbranched alkanes of at least 4 members (excludes halogenated alkanes) is 5. The van der Waals surface area contributed by atoms with Gasteiger partial charge < -0.3 is 10.2 Å². The van der Waals surface area contributed by atoms with E-state index in [0.29, 0.717) is 13.0 Å². The van der Waals surface area contributed by atoms with Crippen LogP contribution in [0.4, 0.5) is 0 Å². The van der Waals surface area contributed by atoms with Crippen molar-refractivity contribution in [2.45, 2.75) is 91.2 Å². The number of rotatable bonds is 12. The Hall–Kier alpha value is -2.18. The summed E-state index contributed by atoms with van der Waals surface area (Å²) in [4.78, 5) is 14.0. The molecule has 0 aliphatic heterocycles. The zero-order valence-electron chi connectivity index (χ0n) is 20.5. The fraction of sp³-hybridized carbons (Fsp3) is 0.577. The first kappa shape index (κ1) is 28.9. The summed E-state index contributed by atoms with van der Waals surface area (Å²) in [7, 11) is 0. The molecule has 1 heterocycles. The summed E-state index contributed by atoms with van der Waals surface area (Å²) in [5.41, 5.74) is 0.0479. The van der Waals surface area contributed by atoms with Crippen LogP contribution >= 0.6 is 11.6 Å². The smallest absolute Gasteiger partial charge is 0.327 e. The van der Waals surface area contributed by atoms with Gasteiger partial charge in [0.25, 0.3) is 0 Å². The van der Waals surface area contributed by atoms with Crippen LogP contribution in [0.5, 0.6) is 0 Å². The predicted molar refractivity (Wildman–Crippen MR) is 134 cm³/mol. The van der Waals surface area contributed by atoms with E-state index in [1.54, 1.807) is 17.1 Å². The van der Waals surface area contributed by atoms with Crippen molar-refractivity contribution in [2.24, 2.45) is 5.41 Å². The van der Waals surface area contributed by atoms with Crippen molar-refractivity contribution in [1.29, 1.82) is 0 Å². The molecule has 0 saturated carbocycles. The lowest BCUT2D eigenvalue weighted by Crippen LogP contribution is -2.47. The van der Waals surface area contributed by atoms with Gasteiger partial charge in [0.1, 0.15) is 12.7 Å². The highest BCUT2D eigenvalue weighted by molar-refractivity contribution is 6.30. The van der Waals surface area contributed by atoms with Crippen LogP contribution in [0.25, 0.3) is 0 Å². The van der Waals surface area contributed by atoms with E-state index in [1.165, 1.54) is 43.7 Å². The van der Waals surface area contributed by atoms with Gasteiger partial charge in [-0.05, 0) is 48.8 Å². The SMILES string of the molecule is CC(C)(C)C(O)(CCc1ccc(Cl)cc1)Cn1cncn1.CCCCCCC/C=C/C(=O)O. The summed E-state index contributed by atoms with van der Waals surface area (Å²) in [5, 5.41) is 24.2. The molecule has 1 aromatic carbocycles. The number of aromatic nitrogens is 3. The fourth-order valence-corrected chi connectivity index (χ4v) is 3.45. The van der Waals surface area contributed by atoms with E-state index in [1.807, 2.05) is 45.0 Å². The third kappa shape index (κ3) is 12.0. The number of nitrogens with zero attached hydrogens (tertiary/aromatic N) is 3. The molecule has 0 aliphatic rings. The van der Waals surface area contributed by atoms with Gasteiger partial charge in [-0.1, -0.05) is 83.2 Å². The van der Waals surface area contributed by atoms with Crippen LogP contribution in [0.3, 0.4) is 0 Å². The summed E-state index contributed by atoms with van der Waals surface area (Å²) >= 11 is 5.90. The average Bonchev–Trinajstić information content (AvgIpc) is 3.25. The molecular formula is C26H40ClN3O3. The van der Waals surface area contributed by atoms with Gasteiger partial charge in [-0.25, -0.2) is 9.78 Å². The Morgan fingerprint density at radius 2 is 1.79 bits per heavy atom. The van der Waals surface area contributed by atoms with Crippen molar-refractivity contribution in [1.82, 2.24) is 14.8 Å². The minimum absolute atomic E-state index is 0.259. The lowest BCUT2D eigenvalue weighted by atomic mass is 9.73. The van der Waals surface area contributed by atoms with Crippen LogP contribution < -0.4 is 0 Å². The third-order valence-electron chi connectivity index (χ3n) is 5.76. The lowest BCUT2D eigenvalue weighted by molar-refractivity contribution is -0.131. The maximum absolute atomic E-state index is 11.1. The van der Waals surface area contributed by atoms with Crippen LogP contribution in [-0.4, -0.2) is 36.5 Å². The van der Waals surface area contributed by atoms with Crippen molar-refractivity contribution in [3.8, 4) is 0 Å². The second kappa shape index (κ2) is 14.9. The number of halogens is 1. The fourth-order valence-electron chi connectivity index (χ4n) is 3.33. The van der Waals surface area contributed by atoms with Crippen molar-refractivity contribution >= 4 is 17.6 Å². The molecule has 0 amide bonds. The van der Waals surface area contributed by atoms with Gasteiger partial charge in [0, 0.05) is 11.1 Å². The summed E-state index contributed by atoms with van der Waals surface area (Å²) in [6, 6.07) is 7.76. The number of carboxylic acid groups (broad SMARTS) is 1. The molecule has 0 aliphatic carbocycles. The highest BCUT2D eigenvalue weighted by atomic mass is 35.5. The molecule has 1 unspecified atom stereocenters. The Balaban J connectivity index is 0.000000389. The first-order valence-corrected chi connectivity index (χ1v) is 12.1. The summed E-state index contributed by atoms with van der Waals surface area (Å²) < 4.78 is 1.69. The average molecular weight is 478 g/mol. The normalized spacial score (nSPS) is 13.4. The summed E-state index contributed by atoms with van der Waals surface area (Å²) in [5.74, 6) is -0.844. The Bertz CT molecular complexity index is 814. The van der Waals surface area contributed by atoms with Crippen molar-refractivity contribution in [3.05, 3.63) is 59.7 Å². The van der Waals surface area contributed by atoms with Crippen LogP contribution in [0.15, 0.2) is 49.1 Å². The number of carboxylic acids is 1. The molecule has 2 N–H and O–H groups in total. The molecule has 33 heavy (non-hydrogen) atoms. The number of hydrogen-bond acceptors (Lipinski definition) is 4. The number of aliphatic carboxylic acids is 1. The highest BCUT2D eigenvalue weighted by Gasteiger charge is 2.40. The van der Waals surface area contributed by atoms with E-state index >= 15 is 0 Å². The van der Waals surface area contributed by atoms with Crippen LogP contribution in [-0.2, 0) is 17.8 Å². The van der Waals surface area contributed by atoms with E-state index in [9.17, 15) is 9.90 Å². The topological polar surface area (TPSA) is 88.2 Å². The Morgan fingerprint density at radius 3 is 2.33 bits per heavy atom. The number of hydrogen-bond donors (Lipinski definition) is 2. The molecule has 2 aromatic rings. The maximum atomic E-state index is 11.1. The largest absolute Gasteiger partial charge is 0.478 e. The van der Waals surface area contributed by atoms with Gasteiger partial charge in [-0.3, -0.25) is 4.68 Å².